The number of carbonyl (C=O) groups is 1. The third kappa shape index (κ3) is 2.80. The summed E-state index contributed by atoms with van der Waals surface area (Å²) in [5.41, 5.74) is 1.10. The summed E-state index contributed by atoms with van der Waals surface area (Å²) in [4.78, 5) is 15.6. The van der Waals surface area contributed by atoms with E-state index in [-0.39, 0.29) is 18.1 Å². The van der Waals surface area contributed by atoms with Gasteiger partial charge in [-0.1, -0.05) is 23.7 Å². The predicted octanol–water partition coefficient (Wildman–Crippen LogP) is 2.93. The normalized spacial score (nSPS) is 28.4. The molecule has 1 heterocycles. The van der Waals surface area contributed by atoms with Gasteiger partial charge in [0.15, 0.2) is 5.90 Å². The maximum Gasteiger partial charge on any atom is 0.306 e. The Balaban J connectivity index is 1.66. The molecule has 0 amide bonds. The zero-order chi connectivity index (χ0) is 14.1. The Bertz CT molecular complexity index is 541. The van der Waals surface area contributed by atoms with Gasteiger partial charge in [0.05, 0.1) is 12.0 Å². The van der Waals surface area contributed by atoms with Crippen molar-refractivity contribution < 1.29 is 14.6 Å². The topological polar surface area (TPSA) is 58.9 Å². The van der Waals surface area contributed by atoms with Crippen LogP contribution in [0.25, 0.3) is 0 Å². The lowest BCUT2D eigenvalue weighted by Gasteiger charge is -2.26. The third-order valence-corrected chi connectivity index (χ3v) is 4.22. The number of aliphatic carboxylic acids is 1. The first kappa shape index (κ1) is 13.4. The number of benzene rings is 1. The molecule has 1 aromatic rings. The molecule has 0 saturated heterocycles. The Morgan fingerprint density at radius 1 is 1.35 bits per heavy atom. The maximum absolute atomic E-state index is 11.0. The number of ether oxygens (including phenoxy) is 1. The predicted molar refractivity (Wildman–Crippen MR) is 76.2 cm³/mol. The molecule has 0 spiro atoms. The van der Waals surface area contributed by atoms with Crippen LogP contribution in [-0.4, -0.2) is 29.1 Å². The van der Waals surface area contributed by atoms with E-state index in [1.807, 2.05) is 24.3 Å². The molecule has 4 nitrogen and oxygen atoms in total. The lowest BCUT2D eigenvalue weighted by Crippen LogP contribution is -2.33. The second-order valence-corrected chi connectivity index (χ2v) is 5.83. The van der Waals surface area contributed by atoms with Gasteiger partial charge in [0.25, 0.3) is 0 Å². The highest BCUT2D eigenvalue weighted by Crippen LogP contribution is 2.33. The second-order valence-electron chi connectivity index (χ2n) is 5.40. The summed E-state index contributed by atoms with van der Waals surface area (Å²) in [5.74, 6) is -0.281. The fourth-order valence-electron chi connectivity index (χ4n) is 2.87. The van der Waals surface area contributed by atoms with Gasteiger partial charge in [-0.2, -0.15) is 0 Å². The van der Waals surface area contributed by atoms with Gasteiger partial charge in [-0.15, -0.1) is 0 Å². The van der Waals surface area contributed by atoms with E-state index in [0.717, 1.165) is 12.0 Å². The molecule has 20 heavy (non-hydrogen) atoms. The largest absolute Gasteiger partial charge is 0.481 e. The molecule has 3 rings (SSSR count). The smallest absolute Gasteiger partial charge is 0.306 e. The van der Waals surface area contributed by atoms with Crippen LogP contribution >= 0.6 is 11.6 Å². The fourth-order valence-corrected chi connectivity index (χ4v) is 3.00. The van der Waals surface area contributed by atoms with Crippen LogP contribution in [-0.2, 0) is 16.0 Å². The molecule has 3 unspecified atom stereocenters. The average molecular weight is 294 g/mol. The van der Waals surface area contributed by atoms with E-state index in [1.54, 1.807) is 0 Å². The number of hydrogen-bond donors (Lipinski definition) is 1. The highest BCUT2D eigenvalue weighted by Gasteiger charge is 2.39. The molecule has 106 valence electrons. The molecular formula is C15H16ClNO3. The monoisotopic (exact) mass is 293 g/mol. The summed E-state index contributed by atoms with van der Waals surface area (Å²) >= 11 is 5.86. The van der Waals surface area contributed by atoms with Crippen molar-refractivity contribution in [1.29, 1.82) is 0 Å². The minimum absolute atomic E-state index is 0.00662. The molecule has 3 atom stereocenters. The van der Waals surface area contributed by atoms with Crippen molar-refractivity contribution in [2.75, 3.05) is 0 Å². The molecule has 1 aliphatic heterocycles. The Labute approximate surface area is 122 Å². The van der Waals surface area contributed by atoms with Crippen LogP contribution in [0, 0.1) is 5.92 Å². The quantitative estimate of drug-likeness (QED) is 0.932. The molecule has 1 aromatic carbocycles. The van der Waals surface area contributed by atoms with E-state index in [1.165, 1.54) is 0 Å². The standard InChI is InChI=1S/C15H16ClNO3/c16-11-4-1-9(2-5-11)7-14-17-12-8-10(15(18)19)3-6-13(12)20-14/h1-2,4-5,10,12-13H,3,6-8H2,(H,18,19). The number of rotatable bonds is 3. The fraction of sp³-hybridized carbons (Fsp3) is 0.467. The molecule has 1 N–H and O–H groups in total. The van der Waals surface area contributed by atoms with E-state index in [2.05, 4.69) is 4.99 Å². The van der Waals surface area contributed by atoms with E-state index < -0.39 is 5.97 Å². The molecule has 1 aliphatic carbocycles. The molecule has 0 aromatic heterocycles. The Morgan fingerprint density at radius 3 is 2.80 bits per heavy atom. The summed E-state index contributed by atoms with van der Waals surface area (Å²) in [7, 11) is 0. The van der Waals surface area contributed by atoms with Crippen LogP contribution in [0.5, 0.6) is 0 Å². The second kappa shape index (κ2) is 5.44. The number of hydrogen-bond acceptors (Lipinski definition) is 3. The van der Waals surface area contributed by atoms with Crippen molar-refractivity contribution in [3.05, 3.63) is 34.9 Å². The van der Waals surface area contributed by atoms with Crippen molar-refractivity contribution in [2.45, 2.75) is 37.8 Å². The van der Waals surface area contributed by atoms with Crippen LogP contribution in [0.2, 0.25) is 5.02 Å². The lowest BCUT2D eigenvalue weighted by molar-refractivity contribution is -0.143. The minimum atomic E-state index is -0.718. The number of carboxylic acid groups (broad SMARTS) is 1. The first-order valence-corrected chi connectivity index (χ1v) is 7.20. The van der Waals surface area contributed by atoms with E-state index >= 15 is 0 Å². The number of fused-ring (bicyclic) bond motifs is 1. The van der Waals surface area contributed by atoms with E-state index in [0.29, 0.717) is 30.2 Å². The van der Waals surface area contributed by atoms with Crippen LogP contribution in [0.3, 0.4) is 0 Å². The molecule has 1 saturated carbocycles. The van der Waals surface area contributed by atoms with Crippen molar-refractivity contribution >= 4 is 23.5 Å². The first-order valence-electron chi connectivity index (χ1n) is 6.82. The van der Waals surface area contributed by atoms with Crippen molar-refractivity contribution in [2.24, 2.45) is 10.9 Å². The summed E-state index contributed by atoms with van der Waals surface area (Å²) in [5, 5.41) is 9.79. The number of nitrogens with zero attached hydrogens (tertiary/aromatic N) is 1. The number of aliphatic imine (C=N–C) groups is 1. The minimum Gasteiger partial charge on any atom is -0.481 e. The van der Waals surface area contributed by atoms with Crippen molar-refractivity contribution in [3.8, 4) is 0 Å². The molecule has 2 aliphatic rings. The molecule has 0 radical (unpaired) electrons. The number of halogens is 1. The average Bonchev–Trinajstić information content (AvgIpc) is 2.82. The van der Waals surface area contributed by atoms with Crippen LogP contribution in [0.1, 0.15) is 24.8 Å². The summed E-state index contributed by atoms with van der Waals surface area (Å²) in [6, 6.07) is 7.61. The SMILES string of the molecule is O=C(O)C1CCC2OC(Cc3ccc(Cl)cc3)=NC2C1. The van der Waals surface area contributed by atoms with Crippen LogP contribution in [0.4, 0.5) is 0 Å². The van der Waals surface area contributed by atoms with Crippen LogP contribution in [0.15, 0.2) is 29.3 Å². The Morgan fingerprint density at radius 2 is 2.10 bits per heavy atom. The zero-order valence-corrected chi connectivity index (χ0v) is 11.7. The van der Waals surface area contributed by atoms with Gasteiger partial charge < -0.3 is 9.84 Å². The first-order chi connectivity index (χ1) is 9.61. The highest BCUT2D eigenvalue weighted by molar-refractivity contribution is 6.30. The van der Waals surface area contributed by atoms with Gasteiger partial charge in [-0.25, -0.2) is 4.99 Å². The van der Waals surface area contributed by atoms with Crippen molar-refractivity contribution in [1.82, 2.24) is 0 Å². The molecular weight excluding hydrogens is 278 g/mol. The summed E-state index contributed by atoms with van der Waals surface area (Å²) in [6.45, 7) is 0. The van der Waals surface area contributed by atoms with E-state index in [9.17, 15) is 4.79 Å². The van der Waals surface area contributed by atoms with Gasteiger partial charge >= 0.3 is 5.97 Å². The van der Waals surface area contributed by atoms with Gasteiger partial charge in [0.2, 0.25) is 0 Å². The molecule has 0 bridgehead atoms. The van der Waals surface area contributed by atoms with Gasteiger partial charge in [-0.05, 0) is 37.0 Å². The van der Waals surface area contributed by atoms with Gasteiger partial charge in [-0.3, -0.25) is 4.79 Å². The summed E-state index contributed by atoms with van der Waals surface area (Å²) < 4.78 is 5.85. The number of carboxylic acids is 1. The Kier molecular flexibility index (Phi) is 3.66. The molecule has 5 heteroatoms. The zero-order valence-electron chi connectivity index (χ0n) is 11.0. The maximum atomic E-state index is 11.0. The highest BCUT2D eigenvalue weighted by atomic mass is 35.5. The van der Waals surface area contributed by atoms with Gasteiger partial charge in [0, 0.05) is 11.4 Å². The van der Waals surface area contributed by atoms with Crippen LogP contribution < -0.4 is 0 Å². The van der Waals surface area contributed by atoms with Gasteiger partial charge in [0.1, 0.15) is 6.10 Å². The Hall–Kier alpha value is -1.55. The van der Waals surface area contributed by atoms with E-state index in [4.69, 9.17) is 21.4 Å². The lowest BCUT2D eigenvalue weighted by atomic mass is 9.84. The van der Waals surface area contributed by atoms with Crippen molar-refractivity contribution in [3.63, 3.8) is 0 Å². The summed E-state index contributed by atoms with van der Waals surface area (Å²) in [6.07, 6.45) is 2.74. The third-order valence-electron chi connectivity index (χ3n) is 3.97. The molecule has 1 fully saturated rings.